The van der Waals surface area contributed by atoms with E-state index in [1.54, 1.807) is 12.1 Å². The van der Waals surface area contributed by atoms with Crippen LogP contribution in [0, 0.1) is 5.82 Å². The molecule has 0 radical (unpaired) electrons. The van der Waals surface area contributed by atoms with Crippen molar-refractivity contribution in [3.63, 3.8) is 0 Å². The van der Waals surface area contributed by atoms with Crippen LogP contribution in [-0.4, -0.2) is 29.6 Å². The van der Waals surface area contributed by atoms with Gasteiger partial charge in [0.25, 0.3) is 0 Å². The average molecular weight is 490 g/mol. The van der Waals surface area contributed by atoms with E-state index in [0.717, 1.165) is 65.9 Å². The summed E-state index contributed by atoms with van der Waals surface area (Å²) in [5.74, 6) is 0.765. The fourth-order valence-electron chi connectivity index (χ4n) is 5.77. The van der Waals surface area contributed by atoms with Gasteiger partial charge in [0, 0.05) is 47.8 Å². The Morgan fingerprint density at radius 3 is 2.06 bits per heavy atom. The van der Waals surface area contributed by atoms with Crippen LogP contribution in [0.3, 0.4) is 0 Å². The Balaban J connectivity index is 1.56. The molecule has 6 heteroatoms. The van der Waals surface area contributed by atoms with Gasteiger partial charge < -0.3 is 14.4 Å². The zero-order valence-corrected chi connectivity index (χ0v) is 20.9. The largest absolute Gasteiger partial charge is 0.490 e. The molecule has 188 valence electrons. The molecule has 0 aromatic heterocycles. The minimum Gasteiger partial charge on any atom is -0.490 e. The monoisotopic (exact) mass is 489 g/mol. The molecular weight excluding hydrogens is 457 g/mol. The van der Waals surface area contributed by atoms with Crippen LogP contribution < -0.4 is 9.47 Å². The van der Waals surface area contributed by atoms with Gasteiger partial charge in [0.2, 0.25) is 0 Å². The number of ketones is 2. The van der Waals surface area contributed by atoms with Gasteiger partial charge in [0.15, 0.2) is 23.1 Å². The summed E-state index contributed by atoms with van der Waals surface area (Å²) < 4.78 is 25.2. The molecule has 5 nitrogen and oxygen atoms in total. The lowest BCUT2D eigenvalue weighted by atomic mass is 9.71. The van der Waals surface area contributed by atoms with E-state index in [-0.39, 0.29) is 29.9 Å². The van der Waals surface area contributed by atoms with Crippen LogP contribution in [0.25, 0.3) is 0 Å². The number of carbonyl (C=O) groups is 2. The lowest BCUT2D eigenvalue weighted by molar-refractivity contribution is -0.117. The van der Waals surface area contributed by atoms with Crippen LogP contribution in [0.1, 0.15) is 69.4 Å². The number of benzene rings is 2. The summed E-state index contributed by atoms with van der Waals surface area (Å²) in [6.07, 6.45) is 4.43. The topological polar surface area (TPSA) is 55.8 Å². The van der Waals surface area contributed by atoms with Gasteiger partial charge in [-0.25, -0.2) is 4.39 Å². The summed E-state index contributed by atoms with van der Waals surface area (Å²) >= 11 is 0. The van der Waals surface area contributed by atoms with Gasteiger partial charge in [0.1, 0.15) is 12.4 Å². The highest BCUT2D eigenvalue weighted by atomic mass is 19.1. The molecule has 3 aliphatic rings. The van der Waals surface area contributed by atoms with E-state index in [9.17, 15) is 14.0 Å². The maximum absolute atomic E-state index is 13.3. The average Bonchev–Trinajstić information content (AvgIpc) is 2.88. The molecule has 0 fully saturated rings. The van der Waals surface area contributed by atoms with E-state index >= 15 is 0 Å². The van der Waals surface area contributed by atoms with E-state index in [0.29, 0.717) is 30.9 Å². The molecule has 1 heterocycles. The number of carbonyl (C=O) groups excluding carboxylic acids is 2. The number of hydrogen-bond acceptors (Lipinski definition) is 5. The number of allylic oxidation sites excluding steroid dienone is 4. The second-order valence-electron chi connectivity index (χ2n) is 9.51. The second-order valence-corrected chi connectivity index (χ2v) is 9.51. The third-order valence-corrected chi connectivity index (χ3v) is 7.31. The van der Waals surface area contributed by atoms with Crippen molar-refractivity contribution < 1.29 is 23.5 Å². The highest BCUT2D eigenvalue weighted by Gasteiger charge is 2.43. The van der Waals surface area contributed by atoms with Crippen LogP contribution in [0.15, 0.2) is 65.0 Å². The fraction of sp³-hybridized carbons (Fsp3) is 0.400. The molecular formula is C30H32FNO4. The first kappa shape index (κ1) is 24.3. The number of Topliss-reactive ketones (excluding diaryl/α,β-unsaturated/α-hetero) is 2. The second kappa shape index (κ2) is 10.3. The van der Waals surface area contributed by atoms with Crippen molar-refractivity contribution in [3.05, 3.63) is 81.9 Å². The highest BCUT2D eigenvalue weighted by Crippen LogP contribution is 2.50. The number of ether oxygens (including phenoxy) is 2. The van der Waals surface area contributed by atoms with Crippen molar-refractivity contribution in [2.75, 3.05) is 13.2 Å². The van der Waals surface area contributed by atoms with E-state index in [1.165, 1.54) is 12.1 Å². The number of halogens is 1. The molecule has 0 saturated carbocycles. The molecule has 0 spiro atoms. The van der Waals surface area contributed by atoms with Gasteiger partial charge in [-0.15, -0.1) is 0 Å². The normalized spacial score (nSPS) is 18.4. The summed E-state index contributed by atoms with van der Waals surface area (Å²) in [6, 6.07) is 11.9. The van der Waals surface area contributed by atoms with Crippen molar-refractivity contribution in [2.24, 2.45) is 0 Å². The van der Waals surface area contributed by atoms with Gasteiger partial charge in [0.05, 0.1) is 6.61 Å². The van der Waals surface area contributed by atoms with E-state index in [2.05, 4.69) is 11.8 Å². The summed E-state index contributed by atoms with van der Waals surface area (Å²) in [5, 5.41) is 0. The van der Waals surface area contributed by atoms with E-state index in [1.807, 2.05) is 25.1 Å². The Morgan fingerprint density at radius 2 is 1.47 bits per heavy atom. The molecule has 0 N–H and O–H groups in total. The van der Waals surface area contributed by atoms with Crippen LogP contribution in [0.4, 0.5) is 4.39 Å². The van der Waals surface area contributed by atoms with Gasteiger partial charge in [-0.2, -0.15) is 0 Å². The van der Waals surface area contributed by atoms with Crippen LogP contribution in [0.2, 0.25) is 0 Å². The Bertz CT molecular complexity index is 1200. The quantitative estimate of drug-likeness (QED) is 0.461. The van der Waals surface area contributed by atoms with Crippen molar-refractivity contribution in [1.29, 1.82) is 0 Å². The minimum atomic E-state index is -0.372. The molecule has 0 bridgehead atoms. The van der Waals surface area contributed by atoms with Gasteiger partial charge in [-0.05, 0) is 74.9 Å². The first-order valence-electron chi connectivity index (χ1n) is 13.0. The number of nitrogens with zero attached hydrogens (tertiary/aromatic N) is 1. The van der Waals surface area contributed by atoms with E-state index in [4.69, 9.17) is 9.47 Å². The molecule has 2 aromatic rings. The number of hydrogen-bond donors (Lipinski definition) is 0. The summed E-state index contributed by atoms with van der Waals surface area (Å²) in [6.45, 7) is 5.48. The van der Waals surface area contributed by atoms with Crippen LogP contribution in [-0.2, 0) is 16.2 Å². The molecule has 0 saturated heterocycles. The van der Waals surface area contributed by atoms with Crippen molar-refractivity contribution in [2.45, 2.75) is 64.9 Å². The van der Waals surface area contributed by atoms with Crippen molar-refractivity contribution in [1.82, 2.24) is 4.90 Å². The van der Waals surface area contributed by atoms with E-state index < -0.39 is 0 Å². The predicted octanol–water partition coefficient (Wildman–Crippen LogP) is 6.24. The maximum atomic E-state index is 13.3. The molecule has 36 heavy (non-hydrogen) atoms. The Kier molecular flexibility index (Phi) is 6.95. The van der Waals surface area contributed by atoms with Crippen LogP contribution in [0.5, 0.6) is 11.5 Å². The zero-order valence-electron chi connectivity index (χ0n) is 20.9. The third kappa shape index (κ3) is 4.45. The van der Waals surface area contributed by atoms with Crippen molar-refractivity contribution in [3.8, 4) is 11.5 Å². The lowest BCUT2D eigenvalue weighted by Gasteiger charge is -2.43. The molecule has 1 aliphatic heterocycles. The van der Waals surface area contributed by atoms with Gasteiger partial charge in [-0.3, -0.25) is 9.59 Å². The standard InChI is InChI=1S/C30H32FNO4/c1-3-32-22-7-5-9-24(33)29(22)28(30-23(32)8-6-10-25(30)34)20-13-16-26(27(17-20)35-4-2)36-18-19-11-14-21(31)15-12-19/h11-17,28H,3-10,18H2,1-2H3. The summed E-state index contributed by atoms with van der Waals surface area (Å²) in [5.41, 5.74) is 5.46. The van der Waals surface area contributed by atoms with Crippen molar-refractivity contribution >= 4 is 11.6 Å². The first-order chi connectivity index (χ1) is 17.5. The maximum Gasteiger partial charge on any atom is 0.161 e. The Morgan fingerprint density at radius 1 is 0.833 bits per heavy atom. The summed E-state index contributed by atoms with van der Waals surface area (Å²) in [4.78, 5) is 28.9. The molecule has 0 unspecified atom stereocenters. The Hall–Kier alpha value is -3.41. The first-order valence-corrected chi connectivity index (χ1v) is 13.0. The lowest BCUT2D eigenvalue weighted by Crippen LogP contribution is -2.39. The molecule has 2 aromatic carbocycles. The number of rotatable bonds is 7. The minimum absolute atomic E-state index is 0.138. The predicted molar refractivity (Wildman–Crippen MR) is 135 cm³/mol. The fourth-order valence-corrected chi connectivity index (χ4v) is 5.77. The highest BCUT2D eigenvalue weighted by molar-refractivity contribution is 6.06. The smallest absolute Gasteiger partial charge is 0.161 e. The molecule has 0 amide bonds. The molecule has 5 rings (SSSR count). The summed E-state index contributed by atoms with van der Waals surface area (Å²) in [7, 11) is 0. The zero-order chi connectivity index (χ0) is 25.2. The molecule has 0 atom stereocenters. The third-order valence-electron chi connectivity index (χ3n) is 7.31. The van der Waals surface area contributed by atoms with Crippen LogP contribution >= 0.6 is 0 Å². The molecule has 2 aliphatic carbocycles. The Labute approximate surface area is 211 Å². The van der Waals surface area contributed by atoms with Gasteiger partial charge in [-0.1, -0.05) is 18.2 Å². The van der Waals surface area contributed by atoms with Gasteiger partial charge >= 0.3 is 0 Å². The SMILES string of the molecule is CCOc1cc(C2C3=C(CCCC3=O)N(CC)C3=C2C(=O)CCC3)ccc1OCc1ccc(F)cc1.